The number of hydrogen-bond donors (Lipinski definition) is 1. The van der Waals surface area contributed by atoms with Gasteiger partial charge < -0.3 is 0 Å². The zero-order valence-corrected chi connectivity index (χ0v) is 6.58. The van der Waals surface area contributed by atoms with Crippen molar-refractivity contribution in [2.75, 3.05) is 5.01 Å². The van der Waals surface area contributed by atoms with Crippen molar-refractivity contribution in [2.45, 2.75) is 0 Å². The Morgan fingerprint density at radius 2 is 2.08 bits per heavy atom. The van der Waals surface area contributed by atoms with E-state index >= 15 is 0 Å². The fourth-order valence-electron chi connectivity index (χ4n) is 0.894. The smallest absolute Gasteiger partial charge is 0.277 e. The molecule has 0 atom stereocenters. The minimum Gasteiger partial charge on any atom is -0.277 e. The van der Waals surface area contributed by atoms with Crippen LogP contribution in [0.1, 0.15) is 0 Å². The first-order valence-electron chi connectivity index (χ1n) is 3.39. The maximum Gasteiger partial charge on any atom is 0.294 e. The molecular formula is C7H7N3O3. The second-order valence-electron chi connectivity index (χ2n) is 2.26. The van der Waals surface area contributed by atoms with Crippen molar-refractivity contribution in [3.05, 3.63) is 34.4 Å². The third-order valence-electron chi connectivity index (χ3n) is 1.47. The van der Waals surface area contributed by atoms with Crippen LogP contribution in [0, 0.1) is 10.1 Å². The summed E-state index contributed by atoms with van der Waals surface area (Å²) in [5.41, 5.74) is -0.125. The molecule has 0 radical (unpaired) electrons. The van der Waals surface area contributed by atoms with Crippen LogP contribution < -0.4 is 10.9 Å². The largest absolute Gasteiger partial charge is 0.294 e. The second kappa shape index (κ2) is 3.63. The summed E-state index contributed by atoms with van der Waals surface area (Å²) in [6.45, 7) is 0. The minimum atomic E-state index is -0.599. The molecule has 1 aromatic carbocycles. The number of nitrogens with zero attached hydrogens (tertiary/aromatic N) is 2. The first-order chi connectivity index (χ1) is 6.16. The van der Waals surface area contributed by atoms with Crippen molar-refractivity contribution in [3.63, 3.8) is 0 Å². The quantitative estimate of drug-likeness (QED) is 0.241. The summed E-state index contributed by atoms with van der Waals surface area (Å²) < 4.78 is 0. The van der Waals surface area contributed by atoms with Gasteiger partial charge in [0.25, 0.3) is 5.69 Å². The molecule has 1 aromatic rings. The van der Waals surface area contributed by atoms with E-state index in [0.29, 0.717) is 11.4 Å². The topological polar surface area (TPSA) is 89.5 Å². The molecule has 0 saturated heterocycles. The van der Waals surface area contributed by atoms with Gasteiger partial charge in [0.05, 0.1) is 4.92 Å². The van der Waals surface area contributed by atoms with Crippen molar-refractivity contribution in [1.82, 2.24) is 0 Å². The molecule has 13 heavy (non-hydrogen) atoms. The molecule has 0 aliphatic carbocycles. The van der Waals surface area contributed by atoms with Gasteiger partial charge in [-0.2, -0.15) is 0 Å². The van der Waals surface area contributed by atoms with Gasteiger partial charge >= 0.3 is 0 Å². The molecular weight excluding hydrogens is 174 g/mol. The van der Waals surface area contributed by atoms with E-state index in [4.69, 9.17) is 5.84 Å². The Labute approximate surface area is 73.7 Å². The molecule has 0 aliphatic rings. The van der Waals surface area contributed by atoms with Gasteiger partial charge in [-0.15, -0.1) is 0 Å². The predicted molar refractivity (Wildman–Crippen MR) is 45.8 cm³/mol. The number of carbonyl (C=O) groups excluding carboxylic acids is 1. The first kappa shape index (κ1) is 9.14. The summed E-state index contributed by atoms with van der Waals surface area (Å²) in [5.74, 6) is 5.19. The Hall–Kier alpha value is -1.95. The molecule has 2 N–H and O–H groups in total. The van der Waals surface area contributed by atoms with Crippen LogP contribution in [0.3, 0.4) is 0 Å². The van der Waals surface area contributed by atoms with Gasteiger partial charge in [0.2, 0.25) is 6.41 Å². The lowest BCUT2D eigenvalue weighted by molar-refractivity contribution is -0.384. The molecule has 6 heteroatoms. The van der Waals surface area contributed by atoms with Gasteiger partial charge in [0.1, 0.15) is 5.69 Å². The Morgan fingerprint density at radius 1 is 1.46 bits per heavy atom. The molecule has 0 bridgehead atoms. The number of amides is 1. The van der Waals surface area contributed by atoms with Crippen molar-refractivity contribution in [1.29, 1.82) is 0 Å². The zero-order valence-electron chi connectivity index (χ0n) is 6.58. The van der Waals surface area contributed by atoms with E-state index in [1.54, 1.807) is 6.07 Å². The second-order valence-corrected chi connectivity index (χ2v) is 2.26. The number of nitro benzene ring substituents is 1. The highest BCUT2D eigenvalue weighted by Gasteiger charge is 2.15. The zero-order chi connectivity index (χ0) is 9.84. The van der Waals surface area contributed by atoms with Crippen molar-refractivity contribution < 1.29 is 9.72 Å². The van der Waals surface area contributed by atoms with Gasteiger partial charge in [-0.25, -0.2) is 10.9 Å². The van der Waals surface area contributed by atoms with E-state index < -0.39 is 4.92 Å². The Balaban J connectivity index is 3.19. The summed E-state index contributed by atoms with van der Waals surface area (Å²) in [6, 6.07) is 5.73. The van der Waals surface area contributed by atoms with Crippen LogP contribution in [-0.4, -0.2) is 11.3 Å². The molecule has 0 spiro atoms. The molecule has 0 aliphatic heterocycles. The normalized spacial score (nSPS) is 9.31. The average molecular weight is 181 g/mol. The van der Waals surface area contributed by atoms with Crippen LogP contribution in [0.25, 0.3) is 0 Å². The van der Waals surface area contributed by atoms with E-state index in [-0.39, 0.29) is 11.4 Å². The van der Waals surface area contributed by atoms with Gasteiger partial charge in [-0.3, -0.25) is 14.9 Å². The summed E-state index contributed by atoms with van der Waals surface area (Å²) in [6.07, 6.45) is 0.308. The molecule has 0 aromatic heterocycles. The van der Waals surface area contributed by atoms with Crippen LogP contribution in [-0.2, 0) is 4.79 Å². The molecule has 0 heterocycles. The molecule has 1 rings (SSSR count). The molecule has 68 valence electrons. The standard InChI is InChI=1S/C7H7N3O3/c8-9(5-11)6-3-1-2-4-7(6)10(12)13/h1-5H,8H2. The van der Waals surface area contributed by atoms with Crippen LogP contribution in [0.4, 0.5) is 11.4 Å². The molecule has 0 unspecified atom stereocenters. The summed E-state index contributed by atoms with van der Waals surface area (Å²) in [7, 11) is 0. The van der Waals surface area contributed by atoms with Crippen LogP contribution in [0.2, 0.25) is 0 Å². The van der Waals surface area contributed by atoms with Crippen LogP contribution in [0.5, 0.6) is 0 Å². The van der Waals surface area contributed by atoms with E-state index in [1.807, 2.05) is 0 Å². The van der Waals surface area contributed by atoms with Crippen molar-refractivity contribution in [2.24, 2.45) is 5.84 Å². The number of hydrazine groups is 1. The van der Waals surface area contributed by atoms with E-state index in [1.165, 1.54) is 18.2 Å². The first-order valence-corrected chi connectivity index (χ1v) is 3.39. The number of carbonyl (C=O) groups is 1. The van der Waals surface area contributed by atoms with E-state index in [0.717, 1.165) is 0 Å². The molecule has 1 amide bonds. The number of hydrogen-bond acceptors (Lipinski definition) is 4. The highest BCUT2D eigenvalue weighted by molar-refractivity contribution is 5.78. The molecule has 0 fully saturated rings. The third-order valence-corrected chi connectivity index (χ3v) is 1.47. The van der Waals surface area contributed by atoms with Gasteiger partial charge in [-0.1, -0.05) is 12.1 Å². The van der Waals surface area contributed by atoms with Crippen LogP contribution >= 0.6 is 0 Å². The minimum absolute atomic E-state index is 0.0718. The van der Waals surface area contributed by atoms with Crippen LogP contribution in [0.15, 0.2) is 24.3 Å². The number of benzene rings is 1. The van der Waals surface area contributed by atoms with Gasteiger partial charge in [0.15, 0.2) is 0 Å². The van der Waals surface area contributed by atoms with E-state index in [2.05, 4.69) is 0 Å². The number of para-hydroxylation sites is 2. The Morgan fingerprint density at radius 3 is 2.62 bits per heavy atom. The number of nitrogens with two attached hydrogens (primary N) is 1. The highest BCUT2D eigenvalue weighted by atomic mass is 16.6. The maximum absolute atomic E-state index is 10.4. The fraction of sp³-hybridized carbons (Fsp3) is 0. The Kier molecular flexibility index (Phi) is 2.56. The number of nitro groups is 1. The van der Waals surface area contributed by atoms with Gasteiger partial charge in [-0.05, 0) is 6.07 Å². The monoisotopic (exact) mass is 181 g/mol. The molecule has 6 nitrogen and oxygen atoms in total. The third kappa shape index (κ3) is 1.79. The summed E-state index contributed by atoms with van der Waals surface area (Å²) >= 11 is 0. The Bertz CT molecular complexity index is 340. The predicted octanol–water partition coefficient (Wildman–Crippen LogP) is 0.431. The van der Waals surface area contributed by atoms with E-state index in [9.17, 15) is 14.9 Å². The lowest BCUT2D eigenvalue weighted by Gasteiger charge is -2.09. The van der Waals surface area contributed by atoms with Crippen molar-refractivity contribution >= 4 is 17.8 Å². The summed E-state index contributed by atoms with van der Waals surface area (Å²) in [4.78, 5) is 20.1. The maximum atomic E-state index is 10.4. The highest BCUT2D eigenvalue weighted by Crippen LogP contribution is 2.24. The lowest BCUT2D eigenvalue weighted by Crippen LogP contribution is -2.29. The SMILES string of the molecule is NN(C=O)c1ccccc1[N+](=O)[O-]. The fourth-order valence-corrected chi connectivity index (χ4v) is 0.894. The number of anilines is 1. The average Bonchev–Trinajstić information content (AvgIpc) is 2.16. The van der Waals surface area contributed by atoms with Crippen molar-refractivity contribution in [3.8, 4) is 0 Å². The number of rotatable bonds is 3. The van der Waals surface area contributed by atoms with Gasteiger partial charge in [0, 0.05) is 6.07 Å². The molecule has 0 saturated carbocycles. The summed E-state index contributed by atoms with van der Waals surface area (Å²) in [5, 5.41) is 11.1. The lowest BCUT2D eigenvalue weighted by atomic mass is 10.2.